The minimum absolute atomic E-state index is 0.0598. The number of benzene rings is 2. The molecule has 2 aromatic carbocycles. The van der Waals surface area contributed by atoms with Crippen LogP contribution in [0, 0.1) is 10.1 Å². The van der Waals surface area contributed by atoms with Crippen molar-refractivity contribution < 1.29 is 19.0 Å². The number of hydrogen-bond acceptors (Lipinski definition) is 6. The van der Waals surface area contributed by atoms with Gasteiger partial charge < -0.3 is 9.26 Å². The van der Waals surface area contributed by atoms with Gasteiger partial charge in [-0.05, 0) is 6.07 Å². The number of esters is 1. The van der Waals surface area contributed by atoms with Crippen molar-refractivity contribution in [1.82, 2.24) is 5.16 Å². The number of nitro benzene ring substituents is 1. The molecule has 3 aromatic rings. The zero-order chi connectivity index (χ0) is 17.1. The zero-order valence-electron chi connectivity index (χ0n) is 12.6. The highest BCUT2D eigenvalue weighted by Crippen LogP contribution is 2.39. The number of rotatable bonds is 4. The largest absolute Gasteiger partial charge is 0.426 e. The number of nitro groups is 1. The highest BCUT2D eigenvalue weighted by Gasteiger charge is 2.24. The van der Waals surface area contributed by atoms with Crippen molar-refractivity contribution in [3.63, 3.8) is 0 Å². The van der Waals surface area contributed by atoms with Crippen LogP contribution in [0.1, 0.15) is 6.92 Å². The number of carbonyl (C=O) groups is 1. The van der Waals surface area contributed by atoms with Gasteiger partial charge in [0.1, 0.15) is 17.0 Å². The van der Waals surface area contributed by atoms with Crippen molar-refractivity contribution in [2.45, 2.75) is 6.92 Å². The molecule has 0 aliphatic heterocycles. The van der Waals surface area contributed by atoms with Gasteiger partial charge >= 0.3 is 5.97 Å². The second-order valence-corrected chi connectivity index (χ2v) is 4.94. The summed E-state index contributed by atoms with van der Waals surface area (Å²) in [7, 11) is 0. The Labute approximate surface area is 136 Å². The third-order valence-corrected chi connectivity index (χ3v) is 3.28. The molecule has 1 heterocycles. The maximum absolute atomic E-state index is 11.3. The Kier molecular flexibility index (Phi) is 4.07. The van der Waals surface area contributed by atoms with Gasteiger partial charge in [0.25, 0.3) is 5.69 Å². The maximum atomic E-state index is 11.3. The Morgan fingerprint density at radius 3 is 2.58 bits per heavy atom. The van der Waals surface area contributed by atoms with Crippen molar-refractivity contribution in [2.75, 3.05) is 0 Å². The molecule has 0 fully saturated rings. The van der Waals surface area contributed by atoms with Gasteiger partial charge in [0, 0.05) is 24.6 Å². The summed E-state index contributed by atoms with van der Waals surface area (Å²) in [6.07, 6.45) is 0. The lowest BCUT2D eigenvalue weighted by atomic mass is 10.1. The molecule has 0 aliphatic rings. The monoisotopic (exact) mass is 324 g/mol. The number of aromatic nitrogens is 1. The third kappa shape index (κ3) is 3.00. The Hall–Kier alpha value is -3.48. The predicted molar refractivity (Wildman–Crippen MR) is 85.3 cm³/mol. The molecule has 0 saturated carbocycles. The summed E-state index contributed by atoms with van der Waals surface area (Å²) >= 11 is 0. The summed E-state index contributed by atoms with van der Waals surface area (Å²) in [4.78, 5) is 22.0. The molecule has 0 atom stereocenters. The number of ether oxygens (including phenoxy) is 1. The van der Waals surface area contributed by atoms with E-state index in [4.69, 9.17) is 9.26 Å². The van der Waals surface area contributed by atoms with E-state index < -0.39 is 10.9 Å². The molecule has 1 aromatic heterocycles. The highest BCUT2D eigenvalue weighted by molar-refractivity contribution is 5.82. The van der Waals surface area contributed by atoms with E-state index in [1.165, 1.54) is 25.1 Å². The van der Waals surface area contributed by atoms with E-state index in [0.29, 0.717) is 5.76 Å². The molecule has 0 saturated heterocycles. The lowest BCUT2D eigenvalue weighted by molar-refractivity contribution is -0.384. The van der Waals surface area contributed by atoms with Gasteiger partial charge in [0.05, 0.1) is 4.92 Å². The average molecular weight is 324 g/mol. The van der Waals surface area contributed by atoms with Crippen LogP contribution in [-0.4, -0.2) is 16.0 Å². The summed E-state index contributed by atoms with van der Waals surface area (Å²) in [5, 5.41) is 15.2. The van der Waals surface area contributed by atoms with Crippen LogP contribution < -0.4 is 4.74 Å². The average Bonchev–Trinajstić information content (AvgIpc) is 3.04. The van der Waals surface area contributed by atoms with Crippen LogP contribution in [0.5, 0.6) is 5.75 Å². The van der Waals surface area contributed by atoms with Gasteiger partial charge in [-0.2, -0.15) is 0 Å². The molecule has 0 radical (unpaired) electrons. The van der Waals surface area contributed by atoms with Crippen molar-refractivity contribution >= 4 is 11.7 Å². The predicted octanol–water partition coefficient (Wildman–Crippen LogP) is 3.84. The summed E-state index contributed by atoms with van der Waals surface area (Å²) in [6, 6.07) is 15.0. The number of hydrogen-bond donors (Lipinski definition) is 0. The summed E-state index contributed by atoms with van der Waals surface area (Å²) in [5.74, 6) is -0.0642. The molecule has 7 nitrogen and oxygen atoms in total. The van der Waals surface area contributed by atoms with Gasteiger partial charge in [0.2, 0.25) is 0 Å². The highest BCUT2D eigenvalue weighted by atomic mass is 16.6. The quantitative estimate of drug-likeness (QED) is 0.313. The first-order valence-electron chi connectivity index (χ1n) is 7.04. The molecule has 0 unspecified atom stereocenters. The van der Waals surface area contributed by atoms with Crippen LogP contribution >= 0.6 is 0 Å². The van der Waals surface area contributed by atoms with E-state index >= 15 is 0 Å². The number of nitrogens with zero attached hydrogens (tertiary/aromatic N) is 2. The lowest BCUT2D eigenvalue weighted by Crippen LogP contribution is -2.04. The van der Waals surface area contributed by atoms with Crippen LogP contribution in [0.15, 0.2) is 59.1 Å². The van der Waals surface area contributed by atoms with Gasteiger partial charge in [-0.3, -0.25) is 14.9 Å². The zero-order valence-corrected chi connectivity index (χ0v) is 12.6. The summed E-state index contributed by atoms with van der Waals surface area (Å²) < 4.78 is 10.4. The molecule has 0 bridgehead atoms. The molecule has 0 N–H and O–H groups in total. The summed E-state index contributed by atoms with van der Waals surface area (Å²) in [5.41, 5.74) is 0.881. The standard InChI is InChI=1S/C17H12N2O5/c1-11(20)23-15-9-5-8-14(19(21)22)17(15)13-10-16(24-18-13)12-6-3-2-4-7-12/h2-10H,1H3. The number of carbonyl (C=O) groups excluding carboxylic acids is 1. The molecular weight excluding hydrogens is 312 g/mol. The Bertz CT molecular complexity index is 902. The van der Waals surface area contributed by atoms with Crippen LogP contribution in [0.3, 0.4) is 0 Å². The first-order chi connectivity index (χ1) is 11.6. The van der Waals surface area contributed by atoms with E-state index in [9.17, 15) is 14.9 Å². The fraction of sp³-hybridized carbons (Fsp3) is 0.0588. The molecule has 0 aliphatic carbocycles. The van der Waals surface area contributed by atoms with Gasteiger partial charge in [-0.1, -0.05) is 41.6 Å². The van der Waals surface area contributed by atoms with E-state index in [0.717, 1.165) is 5.56 Å². The normalized spacial score (nSPS) is 10.4. The van der Waals surface area contributed by atoms with Gasteiger partial charge in [-0.25, -0.2) is 0 Å². The third-order valence-electron chi connectivity index (χ3n) is 3.28. The molecule has 0 amide bonds. The minimum Gasteiger partial charge on any atom is -0.426 e. The molecule has 24 heavy (non-hydrogen) atoms. The van der Waals surface area contributed by atoms with E-state index in [-0.39, 0.29) is 22.7 Å². The maximum Gasteiger partial charge on any atom is 0.308 e. The SMILES string of the molecule is CC(=O)Oc1cccc([N+](=O)[O-])c1-c1cc(-c2ccccc2)on1. The van der Waals surface area contributed by atoms with Crippen LogP contribution in [0.4, 0.5) is 5.69 Å². The van der Waals surface area contributed by atoms with Crippen molar-refractivity contribution in [2.24, 2.45) is 0 Å². The second-order valence-electron chi connectivity index (χ2n) is 4.94. The molecule has 3 rings (SSSR count). The fourth-order valence-corrected chi connectivity index (χ4v) is 2.30. The Morgan fingerprint density at radius 2 is 1.92 bits per heavy atom. The van der Waals surface area contributed by atoms with Crippen LogP contribution in [0.2, 0.25) is 0 Å². The smallest absolute Gasteiger partial charge is 0.308 e. The van der Waals surface area contributed by atoms with Gasteiger partial charge in [0.15, 0.2) is 5.76 Å². The first kappa shape index (κ1) is 15.4. The first-order valence-corrected chi connectivity index (χ1v) is 7.04. The van der Waals surface area contributed by atoms with Crippen molar-refractivity contribution in [1.29, 1.82) is 0 Å². The van der Waals surface area contributed by atoms with E-state index in [1.54, 1.807) is 6.07 Å². The molecule has 120 valence electrons. The van der Waals surface area contributed by atoms with Crippen molar-refractivity contribution in [3.8, 4) is 28.3 Å². The van der Waals surface area contributed by atoms with E-state index in [2.05, 4.69) is 5.16 Å². The van der Waals surface area contributed by atoms with Crippen molar-refractivity contribution in [3.05, 3.63) is 64.7 Å². The van der Waals surface area contributed by atoms with Crippen LogP contribution in [-0.2, 0) is 4.79 Å². The Morgan fingerprint density at radius 1 is 1.17 bits per heavy atom. The van der Waals surface area contributed by atoms with Crippen LogP contribution in [0.25, 0.3) is 22.6 Å². The Balaban J connectivity index is 2.13. The minimum atomic E-state index is -0.580. The van der Waals surface area contributed by atoms with Gasteiger partial charge in [-0.15, -0.1) is 0 Å². The fourth-order valence-electron chi connectivity index (χ4n) is 2.30. The molecule has 0 spiro atoms. The van der Waals surface area contributed by atoms with E-state index in [1.807, 2.05) is 30.3 Å². The molecular formula is C17H12N2O5. The topological polar surface area (TPSA) is 95.5 Å². The lowest BCUT2D eigenvalue weighted by Gasteiger charge is -2.06. The second kappa shape index (κ2) is 6.33. The molecule has 7 heteroatoms. The summed E-state index contributed by atoms with van der Waals surface area (Å²) in [6.45, 7) is 1.22.